The van der Waals surface area contributed by atoms with Gasteiger partial charge in [-0.25, -0.2) is 0 Å². The van der Waals surface area contributed by atoms with E-state index in [-0.39, 0.29) is 6.04 Å². The molecule has 0 aliphatic rings. The quantitative estimate of drug-likeness (QED) is 0.923. The maximum Gasteiger partial charge on any atom is 0.122 e. The Labute approximate surface area is 122 Å². The van der Waals surface area contributed by atoms with Crippen molar-refractivity contribution < 1.29 is 4.74 Å². The number of aryl methyl sites for hydroxylation is 2. The third-order valence-electron chi connectivity index (χ3n) is 3.36. The van der Waals surface area contributed by atoms with Crippen molar-refractivity contribution in [3.8, 4) is 5.75 Å². The molecule has 2 rings (SSSR count). The van der Waals surface area contributed by atoms with Crippen LogP contribution >= 0.6 is 15.9 Å². The van der Waals surface area contributed by atoms with Crippen molar-refractivity contribution in [1.82, 2.24) is 0 Å². The topological polar surface area (TPSA) is 35.2 Å². The predicted octanol–water partition coefficient (Wildman–Crippen LogP) is 4.12. The second kappa shape index (κ2) is 5.76. The summed E-state index contributed by atoms with van der Waals surface area (Å²) in [5.41, 5.74) is 10.9. The summed E-state index contributed by atoms with van der Waals surface area (Å²) in [7, 11) is 1.69. The SMILES string of the molecule is COc1cc(C)c(C(N)c2ccccc2Br)cc1C. The molecule has 2 nitrogen and oxygen atoms in total. The number of benzene rings is 2. The minimum atomic E-state index is -0.139. The molecule has 0 amide bonds. The number of methoxy groups -OCH3 is 1. The van der Waals surface area contributed by atoms with Gasteiger partial charge in [-0.3, -0.25) is 0 Å². The largest absolute Gasteiger partial charge is 0.496 e. The monoisotopic (exact) mass is 319 g/mol. The molecule has 0 fully saturated rings. The Bertz CT molecular complexity index is 595. The zero-order valence-corrected chi connectivity index (χ0v) is 13.0. The number of hydrogen-bond donors (Lipinski definition) is 1. The minimum Gasteiger partial charge on any atom is -0.496 e. The van der Waals surface area contributed by atoms with Crippen LogP contribution in [0, 0.1) is 13.8 Å². The van der Waals surface area contributed by atoms with Gasteiger partial charge in [-0.1, -0.05) is 40.2 Å². The van der Waals surface area contributed by atoms with Crippen LogP contribution in [-0.2, 0) is 0 Å². The summed E-state index contributed by atoms with van der Waals surface area (Å²) in [5.74, 6) is 0.903. The van der Waals surface area contributed by atoms with Crippen molar-refractivity contribution in [2.24, 2.45) is 5.73 Å². The molecule has 2 N–H and O–H groups in total. The Balaban J connectivity index is 2.48. The van der Waals surface area contributed by atoms with E-state index in [0.717, 1.165) is 32.5 Å². The van der Waals surface area contributed by atoms with Crippen LogP contribution in [0.2, 0.25) is 0 Å². The van der Waals surface area contributed by atoms with Gasteiger partial charge in [0.2, 0.25) is 0 Å². The van der Waals surface area contributed by atoms with Crippen LogP contribution in [0.15, 0.2) is 40.9 Å². The Morgan fingerprint density at radius 1 is 1.05 bits per heavy atom. The highest BCUT2D eigenvalue weighted by molar-refractivity contribution is 9.10. The number of ether oxygens (including phenoxy) is 1. The zero-order chi connectivity index (χ0) is 14.0. The molecule has 100 valence electrons. The Morgan fingerprint density at radius 2 is 1.74 bits per heavy atom. The Kier molecular flexibility index (Phi) is 4.27. The lowest BCUT2D eigenvalue weighted by molar-refractivity contribution is 0.411. The van der Waals surface area contributed by atoms with E-state index in [1.54, 1.807) is 7.11 Å². The molecular weight excluding hydrogens is 302 g/mol. The van der Waals surface area contributed by atoms with Gasteiger partial charge >= 0.3 is 0 Å². The Hall–Kier alpha value is -1.32. The molecule has 0 bridgehead atoms. The van der Waals surface area contributed by atoms with Crippen LogP contribution in [0.5, 0.6) is 5.75 Å². The van der Waals surface area contributed by atoms with Crippen LogP contribution in [0.4, 0.5) is 0 Å². The fourth-order valence-electron chi connectivity index (χ4n) is 2.26. The summed E-state index contributed by atoms with van der Waals surface area (Å²) in [4.78, 5) is 0. The molecule has 0 radical (unpaired) electrons. The third-order valence-corrected chi connectivity index (χ3v) is 4.08. The van der Waals surface area contributed by atoms with E-state index in [0.29, 0.717) is 0 Å². The molecule has 3 heteroatoms. The van der Waals surface area contributed by atoms with Crippen LogP contribution in [-0.4, -0.2) is 7.11 Å². The molecule has 0 spiro atoms. The molecule has 0 saturated heterocycles. The number of nitrogens with two attached hydrogens (primary N) is 1. The normalized spacial score (nSPS) is 12.3. The number of hydrogen-bond acceptors (Lipinski definition) is 2. The molecule has 0 aromatic heterocycles. The molecule has 2 aromatic rings. The van der Waals surface area contributed by atoms with Gasteiger partial charge in [0.25, 0.3) is 0 Å². The maximum atomic E-state index is 6.41. The summed E-state index contributed by atoms with van der Waals surface area (Å²) >= 11 is 3.56. The second-order valence-corrected chi connectivity index (χ2v) is 5.53. The summed E-state index contributed by atoms with van der Waals surface area (Å²) in [5, 5.41) is 0. The molecule has 0 saturated carbocycles. The van der Waals surface area contributed by atoms with E-state index >= 15 is 0 Å². The summed E-state index contributed by atoms with van der Waals surface area (Å²) < 4.78 is 6.38. The van der Waals surface area contributed by atoms with Gasteiger partial charge in [-0.15, -0.1) is 0 Å². The van der Waals surface area contributed by atoms with Crippen LogP contribution < -0.4 is 10.5 Å². The molecule has 0 heterocycles. The summed E-state index contributed by atoms with van der Waals surface area (Å²) in [6.45, 7) is 4.10. The van der Waals surface area contributed by atoms with Gasteiger partial charge < -0.3 is 10.5 Å². The standard InChI is InChI=1S/C16H18BrNO/c1-10-9-15(19-3)11(2)8-13(10)16(18)12-6-4-5-7-14(12)17/h4-9,16H,18H2,1-3H3. The van der Waals surface area contributed by atoms with Crippen molar-refractivity contribution in [2.45, 2.75) is 19.9 Å². The van der Waals surface area contributed by atoms with E-state index in [2.05, 4.69) is 28.9 Å². The van der Waals surface area contributed by atoms with Crippen molar-refractivity contribution in [1.29, 1.82) is 0 Å². The fourth-order valence-corrected chi connectivity index (χ4v) is 2.79. The van der Waals surface area contributed by atoms with E-state index < -0.39 is 0 Å². The van der Waals surface area contributed by atoms with E-state index in [9.17, 15) is 0 Å². The van der Waals surface area contributed by atoms with Crippen molar-refractivity contribution in [3.63, 3.8) is 0 Å². The van der Waals surface area contributed by atoms with Crippen molar-refractivity contribution >= 4 is 15.9 Å². The minimum absolute atomic E-state index is 0.139. The molecule has 0 aliphatic carbocycles. The highest BCUT2D eigenvalue weighted by Crippen LogP contribution is 2.31. The fraction of sp³-hybridized carbons (Fsp3) is 0.250. The molecule has 2 aromatic carbocycles. The molecule has 0 aliphatic heterocycles. The lowest BCUT2D eigenvalue weighted by Crippen LogP contribution is -2.14. The Morgan fingerprint density at radius 3 is 2.37 bits per heavy atom. The number of halogens is 1. The highest BCUT2D eigenvalue weighted by atomic mass is 79.9. The average Bonchev–Trinajstić information content (AvgIpc) is 2.40. The first-order chi connectivity index (χ1) is 9.04. The van der Waals surface area contributed by atoms with Gasteiger partial charge in [-0.2, -0.15) is 0 Å². The zero-order valence-electron chi connectivity index (χ0n) is 11.4. The van der Waals surface area contributed by atoms with Gasteiger partial charge in [0.15, 0.2) is 0 Å². The summed E-state index contributed by atoms with van der Waals surface area (Å²) in [6, 6.07) is 12.1. The van der Waals surface area contributed by atoms with Crippen LogP contribution in [0.1, 0.15) is 28.3 Å². The van der Waals surface area contributed by atoms with E-state index in [1.165, 1.54) is 0 Å². The van der Waals surface area contributed by atoms with Gasteiger partial charge in [0.1, 0.15) is 5.75 Å². The number of rotatable bonds is 3. The first kappa shape index (κ1) is 14.1. The molecule has 19 heavy (non-hydrogen) atoms. The third kappa shape index (κ3) is 2.82. The first-order valence-corrected chi connectivity index (χ1v) is 6.99. The lowest BCUT2D eigenvalue weighted by Gasteiger charge is -2.18. The van der Waals surface area contributed by atoms with Crippen LogP contribution in [0.25, 0.3) is 0 Å². The summed E-state index contributed by atoms with van der Waals surface area (Å²) in [6.07, 6.45) is 0. The van der Waals surface area contributed by atoms with Crippen LogP contribution in [0.3, 0.4) is 0 Å². The molecular formula is C16H18BrNO. The molecule has 1 unspecified atom stereocenters. The first-order valence-electron chi connectivity index (χ1n) is 6.19. The average molecular weight is 320 g/mol. The lowest BCUT2D eigenvalue weighted by atomic mass is 9.94. The highest BCUT2D eigenvalue weighted by Gasteiger charge is 2.15. The smallest absolute Gasteiger partial charge is 0.122 e. The van der Waals surface area contributed by atoms with E-state index in [4.69, 9.17) is 10.5 Å². The van der Waals surface area contributed by atoms with Gasteiger partial charge in [-0.05, 0) is 48.2 Å². The predicted molar refractivity (Wildman–Crippen MR) is 82.6 cm³/mol. The second-order valence-electron chi connectivity index (χ2n) is 4.68. The van der Waals surface area contributed by atoms with E-state index in [1.807, 2.05) is 37.3 Å². The molecule has 1 atom stereocenters. The maximum absolute atomic E-state index is 6.41. The van der Waals surface area contributed by atoms with Gasteiger partial charge in [0, 0.05) is 4.47 Å². The van der Waals surface area contributed by atoms with Crippen molar-refractivity contribution in [2.75, 3.05) is 7.11 Å². The van der Waals surface area contributed by atoms with Gasteiger partial charge in [0.05, 0.1) is 13.2 Å². The van der Waals surface area contributed by atoms with Crippen molar-refractivity contribution in [3.05, 3.63) is 63.1 Å².